The number of aromatic amines is 1. The van der Waals surface area contributed by atoms with E-state index in [4.69, 9.17) is 4.74 Å². The molecule has 1 aromatic carbocycles. The average Bonchev–Trinajstić information content (AvgIpc) is 2.94. The lowest BCUT2D eigenvalue weighted by Gasteiger charge is -2.40. The van der Waals surface area contributed by atoms with Crippen LogP contribution in [0.1, 0.15) is 24.5 Å². The number of methoxy groups -OCH3 is 1. The van der Waals surface area contributed by atoms with Crippen molar-refractivity contribution < 1.29 is 4.74 Å². The number of nitrogens with one attached hydrogen (secondary N) is 1. The normalized spacial score (nSPS) is 17.2. The Balaban J connectivity index is 1.93. The van der Waals surface area contributed by atoms with Crippen LogP contribution >= 0.6 is 31.9 Å². The number of aromatic nitrogens is 2. The minimum Gasteiger partial charge on any atom is -0.495 e. The number of anilines is 1. The Morgan fingerprint density at radius 1 is 1.29 bits per heavy atom. The lowest BCUT2D eigenvalue weighted by molar-refractivity contribution is 0.413. The second kappa shape index (κ2) is 5.02. The summed E-state index contributed by atoms with van der Waals surface area (Å²) in [4.78, 5) is 2.45. The molecule has 0 saturated carbocycles. The minimum absolute atomic E-state index is 0.632. The summed E-state index contributed by atoms with van der Waals surface area (Å²) in [7, 11) is 1.70. The number of benzene rings is 1. The molecule has 0 spiro atoms. The number of ether oxygens (including phenoxy) is 1. The van der Waals surface area contributed by atoms with Gasteiger partial charge in [0.25, 0.3) is 0 Å². The highest BCUT2D eigenvalue weighted by molar-refractivity contribution is 9.11. The van der Waals surface area contributed by atoms with E-state index in [-0.39, 0.29) is 0 Å². The summed E-state index contributed by atoms with van der Waals surface area (Å²) in [5.41, 5.74) is 4.57. The molecule has 2 bridgehead atoms. The molecule has 0 aliphatic carbocycles. The van der Waals surface area contributed by atoms with Gasteiger partial charge in [0.15, 0.2) is 0 Å². The minimum atomic E-state index is 0.632. The largest absolute Gasteiger partial charge is 0.495 e. The molecule has 5 rings (SSSR count). The molecular formula is C15H15Br2N3O. The molecule has 0 radical (unpaired) electrons. The molecule has 0 amide bonds. The predicted octanol–water partition coefficient (Wildman–Crippen LogP) is 4.31. The molecular weight excluding hydrogens is 398 g/mol. The van der Waals surface area contributed by atoms with Crippen molar-refractivity contribution in [1.82, 2.24) is 10.2 Å². The van der Waals surface area contributed by atoms with Crippen LogP contribution < -0.4 is 9.64 Å². The number of nitrogens with zero attached hydrogens (tertiary/aromatic N) is 2. The Hall–Kier alpha value is -1.01. The molecule has 4 nitrogen and oxygen atoms in total. The van der Waals surface area contributed by atoms with E-state index < -0.39 is 0 Å². The fourth-order valence-electron chi connectivity index (χ4n) is 3.48. The third kappa shape index (κ3) is 2.03. The number of hydrogen-bond acceptors (Lipinski definition) is 3. The summed E-state index contributed by atoms with van der Waals surface area (Å²) in [6.07, 6.45) is 2.46. The second-order valence-electron chi connectivity index (χ2n) is 5.56. The smallest absolute Gasteiger partial charge is 0.142 e. The second-order valence-corrected chi connectivity index (χ2v) is 7.33. The molecule has 4 heterocycles. The summed E-state index contributed by atoms with van der Waals surface area (Å²) in [6.45, 7) is 2.25. The number of piperidine rings is 1. The standard InChI is InChI=1S/C15H15Br2N3O/c1-21-15-10(6-9(16)7-11(15)17)13-14-12(18-19-13)8-2-4-20(14)5-3-8/h6-8H,2-5H2,1H3,(H,18,19). The maximum Gasteiger partial charge on any atom is 0.142 e. The molecule has 110 valence electrons. The van der Waals surface area contributed by atoms with E-state index in [0.29, 0.717) is 5.92 Å². The van der Waals surface area contributed by atoms with Gasteiger partial charge in [-0.1, -0.05) is 15.9 Å². The molecule has 2 aromatic rings. The van der Waals surface area contributed by atoms with Crippen molar-refractivity contribution in [2.75, 3.05) is 25.1 Å². The van der Waals surface area contributed by atoms with Crippen LogP contribution in [0.3, 0.4) is 0 Å². The SMILES string of the molecule is COc1c(Br)cc(Br)cc1-c1n[nH]c2c1N1CCC2CC1. The summed E-state index contributed by atoms with van der Waals surface area (Å²) in [6, 6.07) is 4.07. The first kappa shape index (κ1) is 13.6. The quantitative estimate of drug-likeness (QED) is 0.798. The predicted molar refractivity (Wildman–Crippen MR) is 90.2 cm³/mol. The van der Waals surface area contributed by atoms with E-state index in [2.05, 4.69) is 53.0 Å². The molecule has 1 fully saturated rings. The number of halogens is 2. The van der Waals surface area contributed by atoms with Crippen LogP contribution in [0.4, 0.5) is 5.69 Å². The van der Waals surface area contributed by atoms with Crippen molar-refractivity contribution in [2.45, 2.75) is 18.8 Å². The van der Waals surface area contributed by atoms with Gasteiger partial charge in [-0.2, -0.15) is 5.10 Å². The van der Waals surface area contributed by atoms with Crippen molar-refractivity contribution in [3.05, 3.63) is 26.8 Å². The number of H-pyrrole nitrogens is 1. The highest BCUT2D eigenvalue weighted by Crippen LogP contribution is 2.48. The van der Waals surface area contributed by atoms with E-state index in [1.165, 1.54) is 24.2 Å². The van der Waals surface area contributed by atoms with Crippen molar-refractivity contribution in [3.63, 3.8) is 0 Å². The third-order valence-electron chi connectivity index (χ3n) is 4.45. The Bertz CT molecular complexity index is 705. The van der Waals surface area contributed by atoms with Gasteiger partial charge in [-0.25, -0.2) is 0 Å². The molecule has 21 heavy (non-hydrogen) atoms. The molecule has 1 N–H and O–H groups in total. The zero-order valence-corrected chi connectivity index (χ0v) is 14.8. The Morgan fingerprint density at radius 3 is 2.76 bits per heavy atom. The lowest BCUT2D eigenvalue weighted by atomic mass is 9.86. The Kier molecular flexibility index (Phi) is 3.26. The maximum atomic E-state index is 5.59. The van der Waals surface area contributed by atoms with Crippen molar-refractivity contribution in [2.24, 2.45) is 0 Å². The molecule has 1 saturated heterocycles. The van der Waals surface area contributed by atoms with Gasteiger partial charge in [0.1, 0.15) is 11.4 Å². The first-order valence-electron chi connectivity index (χ1n) is 7.05. The van der Waals surface area contributed by atoms with E-state index in [9.17, 15) is 0 Å². The highest BCUT2D eigenvalue weighted by atomic mass is 79.9. The van der Waals surface area contributed by atoms with Crippen molar-refractivity contribution >= 4 is 37.5 Å². The van der Waals surface area contributed by atoms with Crippen molar-refractivity contribution in [1.29, 1.82) is 0 Å². The lowest BCUT2D eigenvalue weighted by Crippen LogP contribution is -2.38. The fraction of sp³-hybridized carbons (Fsp3) is 0.400. The van der Waals surface area contributed by atoms with Crippen LogP contribution in [-0.4, -0.2) is 30.4 Å². The monoisotopic (exact) mass is 411 g/mol. The average molecular weight is 413 g/mol. The summed E-state index contributed by atoms with van der Waals surface area (Å²) >= 11 is 7.14. The van der Waals surface area contributed by atoms with Crippen LogP contribution in [-0.2, 0) is 0 Å². The summed E-state index contributed by atoms with van der Waals surface area (Å²) in [5.74, 6) is 1.46. The van der Waals surface area contributed by atoms with Gasteiger partial charge in [-0.3, -0.25) is 5.10 Å². The Labute approximate surface area is 140 Å². The summed E-state index contributed by atoms with van der Waals surface area (Å²) in [5, 5.41) is 7.88. The van der Waals surface area contributed by atoms with Crippen LogP contribution in [0.15, 0.2) is 21.1 Å². The first-order chi connectivity index (χ1) is 10.2. The van der Waals surface area contributed by atoms with Gasteiger partial charge >= 0.3 is 0 Å². The molecule has 1 aromatic heterocycles. The van der Waals surface area contributed by atoms with Crippen LogP contribution in [0.25, 0.3) is 11.3 Å². The number of hydrogen-bond donors (Lipinski definition) is 1. The number of rotatable bonds is 2. The zero-order valence-electron chi connectivity index (χ0n) is 11.6. The molecule has 3 aliphatic heterocycles. The Morgan fingerprint density at radius 2 is 2.05 bits per heavy atom. The van der Waals surface area contributed by atoms with Crippen molar-refractivity contribution in [3.8, 4) is 17.0 Å². The van der Waals surface area contributed by atoms with Gasteiger partial charge in [-0.05, 0) is 40.9 Å². The highest BCUT2D eigenvalue weighted by Gasteiger charge is 2.36. The van der Waals surface area contributed by atoms with Crippen LogP contribution in [0.2, 0.25) is 0 Å². The van der Waals surface area contributed by atoms with Gasteiger partial charge in [0.2, 0.25) is 0 Å². The molecule has 0 atom stereocenters. The van der Waals surface area contributed by atoms with E-state index in [0.717, 1.165) is 39.0 Å². The zero-order chi connectivity index (χ0) is 14.6. The van der Waals surface area contributed by atoms with Gasteiger partial charge in [0, 0.05) is 29.0 Å². The maximum absolute atomic E-state index is 5.59. The van der Waals surface area contributed by atoms with E-state index in [1.807, 2.05) is 6.07 Å². The molecule has 6 heteroatoms. The van der Waals surface area contributed by atoms with Crippen LogP contribution in [0.5, 0.6) is 5.75 Å². The van der Waals surface area contributed by atoms with E-state index in [1.54, 1.807) is 7.11 Å². The fourth-order valence-corrected chi connectivity index (χ4v) is 4.86. The van der Waals surface area contributed by atoms with Crippen LogP contribution in [0, 0.1) is 0 Å². The molecule has 0 unspecified atom stereocenters. The summed E-state index contributed by atoms with van der Waals surface area (Å²) < 4.78 is 7.53. The third-order valence-corrected chi connectivity index (χ3v) is 5.50. The number of fused-ring (bicyclic) bond motifs is 2. The van der Waals surface area contributed by atoms with Gasteiger partial charge in [0.05, 0.1) is 23.0 Å². The van der Waals surface area contributed by atoms with E-state index >= 15 is 0 Å². The molecule has 3 aliphatic rings. The van der Waals surface area contributed by atoms with Gasteiger partial charge < -0.3 is 9.64 Å². The van der Waals surface area contributed by atoms with Gasteiger partial charge in [-0.15, -0.1) is 0 Å². The topological polar surface area (TPSA) is 41.1 Å². The first-order valence-corrected chi connectivity index (χ1v) is 8.64.